The Labute approximate surface area is 367 Å². The molecule has 0 spiro atoms. The molecule has 0 aromatic rings. The highest BCUT2D eigenvalue weighted by molar-refractivity contribution is 7.89. The maximum absolute atomic E-state index is 11.7. The van der Waals surface area contributed by atoms with E-state index in [1.54, 1.807) is 0 Å². The molecule has 5 aliphatic heterocycles. The van der Waals surface area contributed by atoms with Crippen molar-refractivity contribution in [3.63, 3.8) is 0 Å². The highest BCUT2D eigenvalue weighted by Gasteiger charge is 2.54. The molecule has 346 valence electrons. The molecule has 8 atom stereocenters. The molecule has 12 heteroatoms. The van der Waals surface area contributed by atoms with Gasteiger partial charge in [0.15, 0.2) is 0 Å². The van der Waals surface area contributed by atoms with Gasteiger partial charge in [0, 0.05) is 6.54 Å². The van der Waals surface area contributed by atoms with Crippen LogP contribution in [0.2, 0.25) is 0 Å². The summed E-state index contributed by atoms with van der Waals surface area (Å²) < 4.78 is 26.2. The van der Waals surface area contributed by atoms with Gasteiger partial charge in [-0.05, 0) is 112 Å². The summed E-state index contributed by atoms with van der Waals surface area (Å²) in [5.74, 6) is 6.27. The molecule has 8 unspecified atom stereocenters. The highest BCUT2D eigenvalue weighted by atomic mass is 32.2. The Morgan fingerprint density at radius 1 is 0.350 bits per heavy atom. The van der Waals surface area contributed by atoms with Crippen LogP contribution >= 0.6 is 0 Å². The van der Waals surface area contributed by atoms with E-state index >= 15 is 0 Å². The van der Waals surface area contributed by atoms with Gasteiger partial charge >= 0.3 is 0 Å². The number of hydrogen-bond acceptors (Lipinski definition) is 10. The van der Waals surface area contributed by atoms with Crippen LogP contribution in [-0.4, -0.2) is 70.0 Å². The first-order valence-corrected chi connectivity index (χ1v) is 28.1. The summed E-state index contributed by atoms with van der Waals surface area (Å²) in [5.41, 5.74) is 0. The van der Waals surface area contributed by atoms with Crippen molar-refractivity contribution in [1.29, 1.82) is 0 Å². The Morgan fingerprint density at radius 3 is 0.850 bits per heavy atom. The molecule has 9 N–H and O–H groups in total. The van der Waals surface area contributed by atoms with E-state index in [0.717, 1.165) is 73.0 Å². The Balaban J connectivity index is 0.000000214. The van der Waals surface area contributed by atoms with Crippen LogP contribution in [0.15, 0.2) is 0 Å². The van der Waals surface area contributed by atoms with E-state index < -0.39 is 10.0 Å². The lowest BCUT2D eigenvalue weighted by molar-refractivity contribution is 0.167. The van der Waals surface area contributed by atoms with Gasteiger partial charge in [-0.3, -0.25) is 42.5 Å². The number of nitrogens with one attached hydrogen (secondary N) is 9. The second-order valence-corrected chi connectivity index (χ2v) is 23.3. The molecule has 9 fully saturated rings. The molecule has 0 aromatic heterocycles. The van der Waals surface area contributed by atoms with Crippen molar-refractivity contribution >= 4 is 10.0 Å². The van der Waals surface area contributed by atoms with Gasteiger partial charge in [0.05, 0.1) is 55.1 Å². The van der Waals surface area contributed by atoms with Crippen LogP contribution in [-0.2, 0) is 10.0 Å². The Hall–Kier alpha value is -0.410. The van der Waals surface area contributed by atoms with Gasteiger partial charge in [-0.1, -0.05) is 129 Å². The fraction of sp³-hybridized carbons (Fsp3) is 1.00. The third-order valence-electron chi connectivity index (χ3n) is 17.4. The Bertz CT molecular complexity index is 1180. The summed E-state index contributed by atoms with van der Waals surface area (Å²) in [6, 6.07) is 0. The standard InChI is InChI=1S/C32H56N8.C16H35NO2S/c1-2-10-18-17(9-1)25-33-26(18)38-28-21-13-5-6-14-22(21)30(35-28)40-32-24-16-8-7-15-23(24)31(36-32)39-29-20-12-4-3-11-19(20)27(34-29)37-25;1-3-5-7-9-11-13-15-17-20(18,19)16-14-12-10-8-6-4-2/h17-40H,1-16H2;17H,3-16H2,1-2H3. The summed E-state index contributed by atoms with van der Waals surface area (Å²) in [7, 11) is -3.02. The third kappa shape index (κ3) is 11.5. The molecular weight excluding hydrogens is 767 g/mol. The number of sulfonamides is 1. The smallest absolute Gasteiger partial charge is 0.211 e. The van der Waals surface area contributed by atoms with E-state index in [1.807, 2.05) is 0 Å². The molecule has 5 heterocycles. The molecule has 5 saturated heterocycles. The minimum Gasteiger partial charge on any atom is -0.286 e. The van der Waals surface area contributed by atoms with Crippen LogP contribution < -0.4 is 47.3 Å². The average molecular weight is 858 g/mol. The maximum Gasteiger partial charge on any atom is 0.211 e. The van der Waals surface area contributed by atoms with Crippen molar-refractivity contribution in [3.05, 3.63) is 0 Å². The molecule has 11 nitrogen and oxygen atoms in total. The van der Waals surface area contributed by atoms with Gasteiger partial charge in [0.1, 0.15) is 0 Å². The minimum atomic E-state index is -3.02. The fourth-order valence-corrected chi connectivity index (χ4v) is 15.4. The van der Waals surface area contributed by atoms with E-state index in [-0.39, 0.29) is 0 Å². The third-order valence-corrected chi connectivity index (χ3v) is 18.9. The lowest BCUT2D eigenvalue weighted by Gasteiger charge is -2.35. The number of rotatable bonds is 15. The van der Waals surface area contributed by atoms with Crippen LogP contribution in [0.4, 0.5) is 0 Å². The normalized spacial score (nSPS) is 42.4. The molecule has 60 heavy (non-hydrogen) atoms. The molecule has 0 aromatic carbocycles. The summed E-state index contributed by atoms with van der Waals surface area (Å²) in [6.07, 6.45) is 39.5. The van der Waals surface area contributed by atoms with Gasteiger partial charge in [0.2, 0.25) is 10.0 Å². The first kappa shape index (κ1) is 46.1. The Morgan fingerprint density at radius 2 is 0.583 bits per heavy atom. The van der Waals surface area contributed by atoms with E-state index in [1.165, 1.54) is 154 Å². The van der Waals surface area contributed by atoms with Crippen molar-refractivity contribution in [2.45, 2.75) is 243 Å². The summed E-state index contributed by atoms with van der Waals surface area (Å²) in [6.45, 7) is 5.01. The van der Waals surface area contributed by atoms with E-state index in [9.17, 15) is 8.42 Å². The van der Waals surface area contributed by atoms with Gasteiger partial charge < -0.3 is 0 Å². The zero-order chi connectivity index (χ0) is 41.3. The highest BCUT2D eigenvalue weighted by Crippen LogP contribution is 2.45. The second kappa shape index (κ2) is 22.7. The van der Waals surface area contributed by atoms with Crippen molar-refractivity contribution in [2.24, 2.45) is 47.3 Å². The topological polar surface area (TPSA) is 142 Å². The molecule has 4 saturated carbocycles. The molecule has 9 aliphatic rings. The predicted molar refractivity (Wildman–Crippen MR) is 246 cm³/mol. The van der Waals surface area contributed by atoms with Crippen LogP contribution in [0.1, 0.15) is 194 Å². The summed E-state index contributed by atoms with van der Waals surface area (Å²) in [4.78, 5) is 0. The minimum absolute atomic E-state index is 0.301. The molecule has 0 amide bonds. The average Bonchev–Trinajstić information content (AvgIpc) is 4.01. The van der Waals surface area contributed by atoms with Gasteiger partial charge in [-0.2, -0.15) is 0 Å². The predicted octanol–water partition coefficient (Wildman–Crippen LogP) is 7.23. The molecular formula is C48H91N9O2S. The lowest BCUT2D eigenvalue weighted by atomic mass is 9.76. The van der Waals surface area contributed by atoms with Crippen molar-refractivity contribution < 1.29 is 8.42 Å². The Kier molecular flexibility index (Phi) is 17.4. The van der Waals surface area contributed by atoms with E-state index in [4.69, 9.17) is 0 Å². The zero-order valence-corrected chi connectivity index (χ0v) is 39.0. The lowest BCUT2D eigenvalue weighted by Crippen LogP contribution is -2.61. The van der Waals surface area contributed by atoms with Gasteiger partial charge in [-0.15, -0.1) is 0 Å². The van der Waals surface area contributed by atoms with Crippen molar-refractivity contribution in [2.75, 3.05) is 12.3 Å². The largest absolute Gasteiger partial charge is 0.286 e. The number of unbranched alkanes of at least 4 members (excludes halogenated alkanes) is 10. The van der Waals surface area contributed by atoms with E-state index in [0.29, 0.717) is 61.6 Å². The van der Waals surface area contributed by atoms with Crippen LogP contribution in [0.5, 0.6) is 0 Å². The second-order valence-electron chi connectivity index (χ2n) is 21.4. The van der Waals surface area contributed by atoms with E-state index in [2.05, 4.69) is 61.1 Å². The maximum atomic E-state index is 11.7. The monoisotopic (exact) mass is 858 g/mol. The number of fused-ring (bicyclic) bond motifs is 20. The summed E-state index contributed by atoms with van der Waals surface area (Å²) in [5, 5.41) is 33.8. The van der Waals surface area contributed by atoms with Crippen LogP contribution in [0.3, 0.4) is 0 Å². The van der Waals surface area contributed by atoms with Crippen molar-refractivity contribution in [1.82, 2.24) is 47.3 Å². The first-order chi connectivity index (χ1) is 29.4. The van der Waals surface area contributed by atoms with Crippen LogP contribution in [0, 0.1) is 47.3 Å². The molecule has 9 rings (SSSR count). The first-order valence-electron chi connectivity index (χ1n) is 26.5. The van der Waals surface area contributed by atoms with Crippen molar-refractivity contribution in [3.8, 4) is 0 Å². The van der Waals surface area contributed by atoms with Gasteiger partial charge in [-0.25, -0.2) is 13.1 Å². The zero-order valence-electron chi connectivity index (χ0n) is 38.2. The molecule has 8 bridgehead atoms. The number of hydrogen-bond donors (Lipinski definition) is 9. The molecule has 0 radical (unpaired) electrons. The summed E-state index contributed by atoms with van der Waals surface area (Å²) >= 11 is 0. The van der Waals surface area contributed by atoms with Gasteiger partial charge in [0.25, 0.3) is 0 Å². The molecule has 4 aliphatic carbocycles. The fourth-order valence-electron chi connectivity index (χ4n) is 14.3. The SMILES string of the molecule is C1CCC2C3NC(NC4NC(NC5NC(NC6NC(N3)C3CCCCC63)C3CCCCC53)C3CCCCC43)C2C1.CCCCCCCCNS(=O)(=O)CCCCCCCC. The quantitative estimate of drug-likeness (QED) is 0.0775. The van der Waals surface area contributed by atoms with Crippen LogP contribution in [0.25, 0.3) is 0 Å².